The maximum atomic E-state index is 5.92. The molecular formula is C13H18ClN. The average molecular weight is 224 g/mol. The van der Waals surface area contributed by atoms with Gasteiger partial charge >= 0.3 is 0 Å². The SMILES string of the molecule is CC.CC.Clc1ccnc2ccccc12. The van der Waals surface area contributed by atoms with E-state index in [9.17, 15) is 0 Å². The van der Waals surface area contributed by atoms with E-state index in [1.807, 2.05) is 52.0 Å². The van der Waals surface area contributed by atoms with Crippen molar-refractivity contribution in [1.82, 2.24) is 4.98 Å². The molecule has 0 bridgehead atoms. The predicted octanol–water partition coefficient (Wildman–Crippen LogP) is 4.94. The van der Waals surface area contributed by atoms with Crippen molar-refractivity contribution in [1.29, 1.82) is 0 Å². The fourth-order valence-electron chi connectivity index (χ4n) is 1.06. The van der Waals surface area contributed by atoms with E-state index in [-0.39, 0.29) is 0 Å². The molecule has 0 radical (unpaired) electrons. The molecule has 0 aliphatic carbocycles. The van der Waals surface area contributed by atoms with Gasteiger partial charge in [0.1, 0.15) is 0 Å². The molecule has 2 heteroatoms. The smallest absolute Gasteiger partial charge is 0.0716 e. The van der Waals surface area contributed by atoms with Gasteiger partial charge in [0.05, 0.1) is 10.5 Å². The lowest BCUT2D eigenvalue weighted by molar-refractivity contribution is 1.41. The second-order valence-electron chi connectivity index (χ2n) is 2.31. The molecule has 0 aliphatic rings. The molecule has 2 aromatic rings. The molecule has 0 N–H and O–H groups in total. The molecule has 0 atom stereocenters. The number of benzene rings is 1. The normalized spacial score (nSPS) is 8.33. The fourth-order valence-corrected chi connectivity index (χ4v) is 1.28. The van der Waals surface area contributed by atoms with Gasteiger partial charge < -0.3 is 0 Å². The summed E-state index contributed by atoms with van der Waals surface area (Å²) in [5.74, 6) is 0. The van der Waals surface area contributed by atoms with Crippen molar-refractivity contribution in [2.24, 2.45) is 0 Å². The standard InChI is InChI=1S/C9H6ClN.2C2H6/c10-8-5-6-11-9-4-2-1-3-7(8)9;2*1-2/h1-6H;2*1-2H3. The summed E-state index contributed by atoms with van der Waals surface area (Å²) in [5, 5.41) is 1.77. The molecule has 0 amide bonds. The first-order chi connectivity index (χ1) is 7.38. The molecule has 1 aromatic carbocycles. The van der Waals surface area contributed by atoms with Crippen LogP contribution in [0.1, 0.15) is 27.7 Å². The Morgan fingerprint density at radius 2 is 1.53 bits per heavy atom. The molecule has 1 aromatic heterocycles. The highest BCUT2D eigenvalue weighted by molar-refractivity contribution is 6.35. The monoisotopic (exact) mass is 223 g/mol. The molecule has 0 aliphatic heterocycles. The van der Waals surface area contributed by atoms with Crippen molar-refractivity contribution in [3.63, 3.8) is 0 Å². The van der Waals surface area contributed by atoms with E-state index in [0.29, 0.717) is 0 Å². The number of fused-ring (bicyclic) bond motifs is 1. The van der Waals surface area contributed by atoms with Gasteiger partial charge in [-0.1, -0.05) is 57.5 Å². The second kappa shape index (κ2) is 8.25. The summed E-state index contributed by atoms with van der Waals surface area (Å²) in [6, 6.07) is 9.61. The summed E-state index contributed by atoms with van der Waals surface area (Å²) < 4.78 is 0. The molecule has 15 heavy (non-hydrogen) atoms. The van der Waals surface area contributed by atoms with E-state index < -0.39 is 0 Å². The van der Waals surface area contributed by atoms with Gasteiger partial charge in [0.25, 0.3) is 0 Å². The minimum atomic E-state index is 0.760. The van der Waals surface area contributed by atoms with Crippen LogP contribution in [0, 0.1) is 0 Å². The minimum absolute atomic E-state index is 0.760. The van der Waals surface area contributed by atoms with E-state index in [2.05, 4.69) is 4.98 Å². The van der Waals surface area contributed by atoms with Crippen molar-refractivity contribution in [2.45, 2.75) is 27.7 Å². The minimum Gasteiger partial charge on any atom is -0.256 e. The Kier molecular flexibility index (Phi) is 7.65. The zero-order chi connectivity index (χ0) is 11.7. The molecule has 0 fully saturated rings. The number of nitrogens with zero attached hydrogens (tertiary/aromatic N) is 1. The largest absolute Gasteiger partial charge is 0.256 e. The van der Waals surface area contributed by atoms with Crippen molar-refractivity contribution >= 4 is 22.5 Å². The van der Waals surface area contributed by atoms with E-state index in [0.717, 1.165) is 15.9 Å². The van der Waals surface area contributed by atoms with Crippen molar-refractivity contribution < 1.29 is 0 Å². The van der Waals surface area contributed by atoms with Crippen LogP contribution in [0.4, 0.5) is 0 Å². The van der Waals surface area contributed by atoms with Crippen LogP contribution in [0.5, 0.6) is 0 Å². The average Bonchev–Trinajstić information content (AvgIpc) is 2.35. The molecule has 0 unspecified atom stereocenters. The first-order valence-corrected chi connectivity index (χ1v) is 5.75. The van der Waals surface area contributed by atoms with Crippen LogP contribution in [0.15, 0.2) is 36.5 Å². The van der Waals surface area contributed by atoms with Crippen LogP contribution in [-0.4, -0.2) is 4.98 Å². The quantitative estimate of drug-likeness (QED) is 0.617. The van der Waals surface area contributed by atoms with Crippen LogP contribution in [0.3, 0.4) is 0 Å². The molecule has 2 rings (SSSR count). The summed E-state index contributed by atoms with van der Waals surface area (Å²) in [6.07, 6.45) is 1.71. The third kappa shape index (κ3) is 3.88. The molecule has 0 saturated carbocycles. The number of hydrogen-bond acceptors (Lipinski definition) is 1. The fraction of sp³-hybridized carbons (Fsp3) is 0.308. The maximum Gasteiger partial charge on any atom is 0.0716 e. The number of aromatic nitrogens is 1. The summed E-state index contributed by atoms with van der Waals surface area (Å²) in [7, 11) is 0. The second-order valence-corrected chi connectivity index (χ2v) is 2.72. The van der Waals surface area contributed by atoms with Gasteiger partial charge in [0, 0.05) is 11.6 Å². The van der Waals surface area contributed by atoms with Gasteiger partial charge in [-0.15, -0.1) is 0 Å². The van der Waals surface area contributed by atoms with Gasteiger partial charge in [0.15, 0.2) is 0 Å². The summed E-state index contributed by atoms with van der Waals surface area (Å²) in [5.41, 5.74) is 0.944. The van der Waals surface area contributed by atoms with Crippen LogP contribution in [0.25, 0.3) is 10.9 Å². The summed E-state index contributed by atoms with van der Waals surface area (Å²) in [4.78, 5) is 4.16. The Bertz CT molecular complexity index is 380. The molecule has 82 valence electrons. The predicted molar refractivity (Wildman–Crippen MR) is 69.4 cm³/mol. The third-order valence-electron chi connectivity index (χ3n) is 1.60. The molecule has 1 heterocycles. The van der Waals surface area contributed by atoms with E-state index in [4.69, 9.17) is 11.6 Å². The Hall–Kier alpha value is -1.08. The Balaban J connectivity index is 0.000000442. The Morgan fingerprint density at radius 1 is 0.933 bits per heavy atom. The van der Waals surface area contributed by atoms with Crippen molar-refractivity contribution in [3.05, 3.63) is 41.6 Å². The summed E-state index contributed by atoms with van der Waals surface area (Å²) >= 11 is 5.92. The van der Waals surface area contributed by atoms with Crippen LogP contribution in [-0.2, 0) is 0 Å². The van der Waals surface area contributed by atoms with E-state index in [1.54, 1.807) is 12.3 Å². The van der Waals surface area contributed by atoms with E-state index >= 15 is 0 Å². The lowest BCUT2D eigenvalue weighted by Gasteiger charge is -1.96. The molecular weight excluding hydrogens is 206 g/mol. The Labute approximate surface area is 97.1 Å². The zero-order valence-corrected chi connectivity index (χ0v) is 10.5. The number of halogens is 1. The first-order valence-electron chi connectivity index (χ1n) is 5.37. The highest BCUT2D eigenvalue weighted by Crippen LogP contribution is 2.19. The summed E-state index contributed by atoms with van der Waals surface area (Å²) in [6.45, 7) is 8.00. The van der Waals surface area contributed by atoms with Gasteiger partial charge in [0.2, 0.25) is 0 Å². The number of para-hydroxylation sites is 1. The van der Waals surface area contributed by atoms with Crippen molar-refractivity contribution in [2.75, 3.05) is 0 Å². The molecule has 1 nitrogen and oxygen atoms in total. The van der Waals surface area contributed by atoms with Gasteiger partial charge in [-0.25, -0.2) is 0 Å². The first kappa shape index (κ1) is 13.9. The number of pyridine rings is 1. The van der Waals surface area contributed by atoms with Crippen LogP contribution in [0.2, 0.25) is 5.02 Å². The van der Waals surface area contributed by atoms with Crippen molar-refractivity contribution in [3.8, 4) is 0 Å². The topological polar surface area (TPSA) is 12.9 Å². The lowest BCUT2D eigenvalue weighted by Crippen LogP contribution is -1.76. The van der Waals surface area contributed by atoms with Gasteiger partial charge in [-0.2, -0.15) is 0 Å². The van der Waals surface area contributed by atoms with Crippen LogP contribution >= 0.6 is 11.6 Å². The molecule has 0 saturated heterocycles. The molecule has 0 spiro atoms. The number of rotatable bonds is 0. The zero-order valence-electron chi connectivity index (χ0n) is 9.79. The van der Waals surface area contributed by atoms with Gasteiger partial charge in [-0.3, -0.25) is 4.98 Å². The number of hydrogen-bond donors (Lipinski definition) is 0. The van der Waals surface area contributed by atoms with Crippen LogP contribution < -0.4 is 0 Å². The van der Waals surface area contributed by atoms with Gasteiger partial charge in [-0.05, 0) is 12.1 Å². The highest BCUT2D eigenvalue weighted by Gasteiger charge is 1.95. The van der Waals surface area contributed by atoms with E-state index in [1.165, 1.54) is 0 Å². The lowest BCUT2D eigenvalue weighted by atomic mass is 10.2. The third-order valence-corrected chi connectivity index (χ3v) is 1.93. The highest BCUT2D eigenvalue weighted by atomic mass is 35.5. The maximum absolute atomic E-state index is 5.92. The Morgan fingerprint density at radius 3 is 2.13 bits per heavy atom.